The third-order valence-corrected chi connectivity index (χ3v) is 1.02. The van der Waals surface area contributed by atoms with Crippen molar-refractivity contribution in [2.75, 3.05) is 19.8 Å². The van der Waals surface area contributed by atoms with Gasteiger partial charge in [0.25, 0.3) is 0 Å². The lowest BCUT2D eigenvalue weighted by Crippen LogP contribution is -1.95. The van der Waals surface area contributed by atoms with E-state index in [2.05, 4.69) is 0 Å². The molecule has 0 radical (unpaired) electrons. The van der Waals surface area contributed by atoms with Crippen molar-refractivity contribution in [2.45, 2.75) is 6.42 Å². The Morgan fingerprint density at radius 2 is 1.89 bits per heavy atom. The van der Waals surface area contributed by atoms with Crippen LogP contribution in [-0.2, 0) is 0 Å². The fraction of sp³-hybridized carbons (Fsp3) is 0.667. The van der Waals surface area contributed by atoms with Gasteiger partial charge >= 0.3 is 0 Å². The van der Waals surface area contributed by atoms with E-state index in [1.165, 1.54) is 6.08 Å². The Labute approximate surface area is 54.3 Å². The maximum atomic E-state index is 8.50. The Balaban J connectivity index is 3.53. The zero-order valence-electron chi connectivity index (χ0n) is 5.25. The molecule has 3 N–H and O–H groups in total. The van der Waals surface area contributed by atoms with E-state index >= 15 is 0 Å². The molecular formula is C6H12O3. The smallest absolute Gasteiger partial charge is 0.0643 e. The van der Waals surface area contributed by atoms with Crippen LogP contribution in [0.1, 0.15) is 6.42 Å². The molecule has 0 aromatic carbocycles. The SMILES string of the molecule is OC/C=C(/CO)CCO. The summed E-state index contributed by atoms with van der Waals surface area (Å²) in [7, 11) is 0. The van der Waals surface area contributed by atoms with Gasteiger partial charge in [-0.1, -0.05) is 6.08 Å². The number of aliphatic hydroxyl groups is 3. The standard InChI is InChI=1S/C6H12O3/c7-3-1-6(5-9)2-4-8/h1,7-9H,2-5H2/b6-1+. The molecular weight excluding hydrogens is 120 g/mol. The number of hydrogen-bond donors (Lipinski definition) is 3. The molecule has 0 aliphatic rings. The summed E-state index contributed by atoms with van der Waals surface area (Å²) in [4.78, 5) is 0. The maximum absolute atomic E-state index is 8.50. The molecule has 0 heterocycles. The van der Waals surface area contributed by atoms with Crippen LogP contribution in [0, 0.1) is 0 Å². The van der Waals surface area contributed by atoms with Gasteiger partial charge < -0.3 is 15.3 Å². The predicted octanol–water partition coefficient (Wildman–Crippen LogP) is -0.720. The molecule has 9 heavy (non-hydrogen) atoms. The molecule has 0 saturated heterocycles. The van der Waals surface area contributed by atoms with Crippen molar-refractivity contribution in [2.24, 2.45) is 0 Å². The van der Waals surface area contributed by atoms with E-state index in [1.807, 2.05) is 0 Å². The normalized spacial score (nSPS) is 12.1. The van der Waals surface area contributed by atoms with Crippen molar-refractivity contribution in [1.29, 1.82) is 0 Å². The van der Waals surface area contributed by atoms with Crippen LogP contribution in [0.5, 0.6) is 0 Å². The molecule has 3 nitrogen and oxygen atoms in total. The zero-order chi connectivity index (χ0) is 7.11. The number of aliphatic hydroxyl groups excluding tert-OH is 3. The molecule has 0 aromatic rings. The summed E-state index contributed by atoms with van der Waals surface area (Å²) in [6.45, 7) is -0.136. The lowest BCUT2D eigenvalue weighted by molar-refractivity contribution is 0.275. The van der Waals surface area contributed by atoms with Gasteiger partial charge in [0.05, 0.1) is 13.2 Å². The van der Waals surface area contributed by atoms with E-state index in [-0.39, 0.29) is 19.8 Å². The van der Waals surface area contributed by atoms with Crippen LogP contribution in [0.4, 0.5) is 0 Å². The third kappa shape index (κ3) is 4.14. The average Bonchev–Trinajstić information content (AvgIpc) is 1.88. The molecule has 0 unspecified atom stereocenters. The Kier molecular flexibility index (Phi) is 5.51. The Bertz CT molecular complexity index is 88.3. The van der Waals surface area contributed by atoms with Crippen LogP contribution < -0.4 is 0 Å². The zero-order valence-corrected chi connectivity index (χ0v) is 5.25. The van der Waals surface area contributed by atoms with Gasteiger partial charge in [0.15, 0.2) is 0 Å². The van der Waals surface area contributed by atoms with E-state index in [0.717, 1.165) is 0 Å². The van der Waals surface area contributed by atoms with Crippen LogP contribution in [0.3, 0.4) is 0 Å². The van der Waals surface area contributed by atoms with Crippen LogP contribution >= 0.6 is 0 Å². The molecule has 0 aromatic heterocycles. The molecule has 54 valence electrons. The van der Waals surface area contributed by atoms with E-state index in [0.29, 0.717) is 12.0 Å². The van der Waals surface area contributed by atoms with Crippen molar-refractivity contribution in [1.82, 2.24) is 0 Å². The summed E-state index contributed by atoms with van der Waals surface area (Å²) in [5, 5.41) is 25.2. The van der Waals surface area contributed by atoms with Crippen molar-refractivity contribution in [3.05, 3.63) is 11.6 Å². The van der Waals surface area contributed by atoms with Crippen molar-refractivity contribution >= 4 is 0 Å². The highest BCUT2D eigenvalue weighted by molar-refractivity contribution is 5.01. The second kappa shape index (κ2) is 5.75. The quantitative estimate of drug-likeness (QED) is 0.442. The highest BCUT2D eigenvalue weighted by Gasteiger charge is 1.91. The molecule has 0 fully saturated rings. The van der Waals surface area contributed by atoms with Crippen LogP contribution in [-0.4, -0.2) is 35.1 Å². The molecule has 0 aliphatic heterocycles. The fourth-order valence-corrected chi connectivity index (χ4v) is 0.518. The largest absolute Gasteiger partial charge is 0.396 e. The van der Waals surface area contributed by atoms with Gasteiger partial charge in [-0.2, -0.15) is 0 Å². The minimum Gasteiger partial charge on any atom is -0.396 e. The van der Waals surface area contributed by atoms with E-state index in [9.17, 15) is 0 Å². The monoisotopic (exact) mass is 132 g/mol. The van der Waals surface area contributed by atoms with Gasteiger partial charge in [-0.15, -0.1) is 0 Å². The van der Waals surface area contributed by atoms with Crippen molar-refractivity contribution < 1.29 is 15.3 Å². The average molecular weight is 132 g/mol. The Morgan fingerprint density at radius 3 is 2.22 bits per heavy atom. The van der Waals surface area contributed by atoms with Crippen LogP contribution in [0.25, 0.3) is 0 Å². The molecule has 0 bridgehead atoms. The minimum absolute atomic E-state index is 0.0202. The minimum atomic E-state index is -0.0822. The van der Waals surface area contributed by atoms with E-state index in [1.54, 1.807) is 0 Å². The number of rotatable bonds is 4. The second-order valence-electron chi connectivity index (χ2n) is 1.68. The van der Waals surface area contributed by atoms with Gasteiger partial charge in [0.1, 0.15) is 0 Å². The summed E-state index contributed by atoms with van der Waals surface area (Å²) < 4.78 is 0. The number of hydrogen-bond acceptors (Lipinski definition) is 3. The third-order valence-electron chi connectivity index (χ3n) is 1.02. The summed E-state index contributed by atoms with van der Waals surface area (Å²) in [5.74, 6) is 0. The van der Waals surface area contributed by atoms with Gasteiger partial charge in [-0.25, -0.2) is 0 Å². The molecule has 0 saturated carbocycles. The topological polar surface area (TPSA) is 60.7 Å². The summed E-state index contributed by atoms with van der Waals surface area (Å²) >= 11 is 0. The van der Waals surface area contributed by atoms with E-state index in [4.69, 9.17) is 15.3 Å². The molecule has 3 heteroatoms. The summed E-state index contributed by atoms with van der Waals surface area (Å²) in [6.07, 6.45) is 1.94. The first-order valence-corrected chi connectivity index (χ1v) is 2.85. The molecule has 0 spiro atoms. The first-order chi connectivity index (χ1) is 4.35. The lowest BCUT2D eigenvalue weighted by atomic mass is 10.2. The Morgan fingerprint density at radius 1 is 1.22 bits per heavy atom. The van der Waals surface area contributed by atoms with Gasteiger partial charge in [0, 0.05) is 6.61 Å². The van der Waals surface area contributed by atoms with Crippen LogP contribution in [0.15, 0.2) is 11.6 Å². The lowest BCUT2D eigenvalue weighted by Gasteiger charge is -1.97. The highest BCUT2D eigenvalue weighted by atomic mass is 16.3. The van der Waals surface area contributed by atoms with Crippen LogP contribution in [0.2, 0.25) is 0 Å². The van der Waals surface area contributed by atoms with Gasteiger partial charge in [0.2, 0.25) is 0 Å². The maximum Gasteiger partial charge on any atom is 0.0643 e. The molecule has 0 amide bonds. The molecule has 0 aliphatic carbocycles. The van der Waals surface area contributed by atoms with Crippen molar-refractivity contribution in [3.8, 4) is 0 Å². The first-order valence-electron chi connectivity index (χ1n) is 2.85. The predicted molar refractivity (Wildman–Crippen MR) is 34.0 cm³/mol. The fourth-order valence-electron chi connectivity index (χ4n) is 0.518. The van der Waals surface area contributed by atoms with E-state index < -0.39 is 0 Å². The second-order valence-corrected chi connectivity index (χ2v) is 1.68. The first kappa shape index (κ1) is 8.62. The van der Waals surface area contributed by atoms with Crippen molar-refractivity contribution in [3.63, 3.8) is 0 Å². The summed E-state index contributed by atoms with van der Waals surface area (Å²) in [6, 6.07) is 0. The Hall–Kier alpha value is -0.380. The van der Waals surface area contributed by atoms with Gasteiger partial charge in [-0.05, 0) is 12.0 Å². The molecule has 0 atom stereocenters. The highest BCUT2D eigenvalue weighted by Crippen LogP contribution is 1.96. The summed E-state index contributed by atoms with van der Waals surface area (Å²) in [5.41, 5.74) is 0.681. The molecule has 0 rings (SSSR count). The van der Waals surface area contributed by atoms with Gasteiger partial charge in [-0.3, -0.25) is 0 Å².